The first-order valence-corrected chi connectivity index (χ1v) is 8.59. The smallest absolute Gasteiger partial charge is 0.236 e. The average Bonchev–Trinajstić information content (AvgIpc) is 2.76. The second-order valence-electron chi connectivity index (χ2n) is 6.10. The molecule has 0 unspecified atom stereocenters. The van der Waals surface area contributed by atoms with Crippen LogP contribution >= 0.6 is 0 Å². The second kappa shape index (κ2) is 8.99. The van der Waals surface area contributed by atoms with Gasteiger partial charge in [0.2, 0.25) is 5.91 Å². The van der Waals surface area contributed by atoms with Gasteiger partial charge in [-0.3, -0.25) is 14.6 Å². The van der Waals surface area contributed by atoms with Crippen LogP contribution in [0.3, 0.4) is 0 Å². The molecule has 128 valence electrons. The SMILES string of the molecule is CCN(CC)C(=O)CN1CCCN(Cc2ccc(F)cc2)CC1. The average molecular weight is 321 g/mol. The number of carbonyl (C=O) groups is 1. The molecular formula is C18H28FN3O. The molecule has 2 rings (SSSR count). The third-order valence-corrected chi connectivity index (χ3v) is 4.48. The largest absolute Gasteiger partial charge is 0.342 e. The van der Waals surface area contributed by atoms with E-state index in [1.165, 1.54) is 12.1 Å². The lowest BCUT2D eigenvalue weighted by Gasteiger charge is -2.25. The highest BCUT2D eigenvalue weighted by Gasteiger charge is 2.19. The standard InChI is InChI=1S/C18H28FN3O/c1-3-22(4-2)18(23)15-21-11-5-10-20(12-13-21)14-16-6-8-17(19)9-7-16/h6-9H,3-5,10-15H2,1-2H3. The van der Waals surface area contributed by atoms with E-state index in [-0.39, 0.29) is 11.7 Å². The fourth-order valence-electron chi connectivity index (χ4n) is 3.06. The fourth-order valence-corrected chi connectivity index (χ4v) is 3.06. The van der Waals surface area contributed by atoms with Crippen LogP contribution in [0.5, 0.6) is 0 Å². The van der Waals surface area contributed by atoms with Gasteiger partial charge in [0.15, 0.2) is 0 Å². The minimum atomic E-state index is -0.189. The van der Waals surface area contributed by atoms with Crippen molar-refractivity contribution in [3.05, 3.63) is 35.6 Å². The van der Waals surface area contributed by atoms with Crippen LogP contribution in [0.15, 0.2) is 24.3 Å². The number of likely N-dealkylation sites (N-methyl/N-ethyl adjacent to an activating group) is 1. The first-order chi connectivity index (χ1) is 11.1. The molecule has 0 N–H and O–H groups in total. The molecule has 0 aromatic heterocycles. The Morgan fingerprint density at radius 3 is 2.30 bits per heavy atom. The Kier molecular flexibility index (Phi) is 6.99. The lowest BCUT2D eigenvalue weighted by molar-refractivity contribution is -0.132. The van der Waals surface area contributed by atoms with Crippen molar-refractivity contribution in [2.24, 2.45) is 0 Å². The maximum absolute atomic E-state index is 13.0. The molecule has 1 aliphatic rings. The Morgan fingerprint density at radius 1 is 1.04 bits per heavy atom. The molecule has 1 aromatic rings. The number of hydrogen-bond acceptors (Lipinski definition) is 3. The van der Waals surface area contributed by atoms with E-state index in [9.17, 15) is 9.18 Å². The van der Waals surface area contributed by atoms with E-state index in [1.807, 2.05) is 30.9 Å². The summed E-state index contributed by atoms with van der Waals surface area (Å²) in [6.07, 6.45) is 1.06. The topological polar surface area (TPSA) is 26.8 Å². The van der Waals surface area contributed by atoms with Gasteiger partial charge in [-0.25, -0.2) is 4.39 Å². The molecule has 4 nitrogen and oxygen atoms in total. The summed E-state index contributed by atoms with van der Waals surface area (Å²) in [5.74, 6) is 0.0349. The molecule has 1 fully saturated rings. The van der Waals surface area contributed by atoms with E-state index in [1.54, 1.807) is 0 Å². The van der Waals surface area contributed by atoms with Gasteiger partial charge in [-0.05, 0) is 51.1 Å². The van der Waals surface area contributed by atoms with Crippen molar-refractivity contribution >= 4 is 5.91 Å². The summed E-state index contributed by atoms with van der Waals surface area (Å²) in [6.45, 7) is 10.8. The Bertz CT molecular complexity index is 488. The first-order valence-electron chi connectivity index (χ1n) is 8.59. The van der Waals surface area contributed by atoms with Crippen molar-refractivity contribution in [3.8, 4) is 0 Å². The van der Waals surface area contributed by atoms with Gasteiger partial charge < -0.3 is 4.90 Å². The zero-order chi connectivity index (χ0) is 16.7. The third-order valence-electron chi connectivity index (χ3n) is 4.48. The van der Waals surface area contributed by atoms with Crippen LogP contribution in [0.25, 0.3) is 0 Å². The fraction of sp³-hybridized carbons (Fsp3) is 0.611. The van der Waals surface area contributed by atoms with Gasteiger partial charge in [0, 0.05) is 32.7 Å². The summed E-state index contributed by atoms with van der Waals surface area (Å²) < 4.78 is 13.0. The first kappa shape index (κ1) is 17.9. The molecule has 5 heteroatoms. The van der Waals surface area contributed by atoms with Crippen LogP contribution in [-0.4, -0.2) is 66.4 Å². The zero-order valence-corrected chi connectivity index (χ0v) is 14.3. The number of amides is 1. The lowest BCUT2D eigenvalue weighted by atomic mass is 10.2. The molecule has 1 saturated heterocycles. The summed E-state index contributed by atoms with van der Waals surface area (Å²) in [4.78, 5) is 18.8. The van der Waals surface area contributed by atoms with Gasteiger partial charge in [0.1, 0.15) is 5.82 Å². The van der Waals surface area contributed by atoms with Crippen molar-refractivity contribution in [2.45, 2.75) is 26.8 Å². The van der Waals surface area contributed by atoms with Crippen molar-refractivity contribution in [2.75, 3.05) is 45.8 Å². The molecule has 1 aliphatic heterocycles. The molecule has 0 spiro atoms. The van der Waals surface area contributed by atoms with Crippen LogP contribution in [0.1, 0.15) is 25.8 Å². The molecular weight excluding hydrogens is 293 g/mol. The molecule has 0 bridgehead atoms. The Morgan fingerprint density at radius 2 is 1.65 bits per heavy atom. The van der Waals surface area contributed by atoms with E-state index in [2.05, 4.69) is 9.80 Å². The quantitative estimate of drug-likeness (QED) is 0.804. The number of hydrogen-bond donors (Lipinski definition) is 0. The van der Waals surface area contributed by atoms with E-state index in [4.69, 9.17) is 0 Å². The van der Waals surface area contributed by atoms with Gasteiger partial charge in [-0.2, -0.15) is 0 Å². The summed E-state index contributed by atoms with van der Waals surface area (Å²) in [5.41, 5.74) is 1.14. The predicted octanol–water partition coefficient (Wildman–Crippen LogP) is 2.20. The molecule has 1 aromatic carbocycles. The number of halogens is 1. The van der Waals surface area contributed by atoms with Crippen LogP contribution in [-0.2, 0) is 11.3 Å². The third kappa shape index (κ3) is 5.59. The predicted molar refractivity (Wildman–Crippen MR) is 90.7 cm³/mol. The lowest BCUT2D eigenvalue weighted by Crippen LogP contribution is -2.41. The van der Waals surface area contributed by atoms with Crippen molar-refractivity contribution < 1.29 is 9.18 Å². The van der Waals surface area contributed by atoms with Gasteiger partial charge in [0.05, 0.1) is 6.54 Å². The van der Waals surface area contributed by atoms with E-state index in [0.29, 0.717) is 6.54 Å². The Labute approximate surface area is 138 Å². The molecule has 0 radical (unpaired) electrons. The van der Waals surface area contributed by atoms with E-state index >= 15 is 0 Å². The maximum Gasteiger partial charge on any atom is 0.236 e. The zero-order valence-electron chi connectivity index (χ0n) is 14.3. The van der Waals surface area contributed by atoms with Crippen molar-refractivity contribution in [1.82, 2.24) is 14.7 Å². The molecule has 0 aliphatic carbocycles. The molecule has 0 atom stereocenters. The Balaban J connectivity index is 1.82. The van der Waals surface area contributed by atoms with Crippen molar-refractivity contribution in [3.63, 3.8) is 0 Å². The summed E-state index contributed by atoms with van der Waals surface area (Å²) >= 11 is 0. The second-order valence-corrected chi connectivity index (χ2v) is 6.10. The number of benzene rings is 1. The van der Waals surface area contributed by atoms with Crippen molar-refractivity contribution in [1.29, 1.82) is 0 Å². The summed E-state index contributed by atoms with van der Waals surface area (Å²) in [7, 11) is 0. The van der Waals surface area contributed by atoms with Crippen LogP contribution in [0.4, 0.5) is 4.39 Å². The van der Waals surface area contributed by atoms with Crippen LogP contribution < -0.4 is 0 Å². The number of nitrogens with zero attached hydrogens (tertiary/aromatic N) is 3. The summed E-state index contributed by atoms with van der Waals surface area (Å²) in [5, 5.41) is 0. The highest BCUT2D eigenvalue weighted by atomic mass is 19.1. The molecule has 1 heterocycles. The normalized spacial score (nSPS) is 17.0. The molecule has 1 amide bonds. The highest BCUT2D eigenvalue weighted by Crippen LogP contribution is 2.10. The molecule has 0 saturated carbocycles. The monoisotopic (exact) mass is 321 g/mol. The number of rotatable bonds is 6. The van der Waals surface area contributed by atoms with E-state index < -0.39 is 0 Å². The number of carbonyl (C=O) groups excluding carboxylic acids is 1. The highest BCUT2D eigenvalue weighted by molar-refractivity contribution is 5.78. The van der Waals surface area contributed by atoms with Crippen LogP contribution in [0.2, 0.25) is 0 Å². The van der Waals surface area contributed by atoms with E-state index in [0.717, 1.165) is 57.8 Å². The summed E-state index contributed by atoms with van der Waals surface area (Å²) in [6, 6.07) is 6.73. The minimum absolute atomic E-state index is 0.189. The van der Waals surface area contributed by atoms with Gasteiger partial charge >= 0.3 is 0 Å². The molecule has 23 heavy (non-hydrogen) atoms. The Hall–Kier alpha value is -1.46. The van der Waals surface area contributed by atoms with Crippen LogP contribution in [0, 0.1) is 5.82 Å². The minimum Gasteiger partial charge on any atom is -0.342 e. The van der Waals surface area contributed by atoms with Gasteiger partial charge in [-0.1, -0.05) is 12.1 Å². The maximum atomic E-state index is 13.0. The van der Waals surface area contributed by atoms with Gasteiger partial charge in [0.25, 0.3) is 0 Å². The van der Waals surface area contributed by atoms with Gasteiger partial charge in [-0.15, -0.1) is 0 Å².